The maximum atomic E-state index is 12.1. The number of hydrogen-bond donors (Lipinski definition) is 2. The highest BCUT2D eigenvalue weighted by atomic mass is 16.5. The summed E-state index contributed by atoms with van der Waals surface area (Å²) >= 11 is 0. The third-order valence-corrected chi connectivity index (χ3v) is 4.26. The van der Waals surface area contributed by atoms with Crippen LogP contribution in [-0.2, 0) is 18.4 Å². The van der Waals surface area contributed by atoms with Crippen molar-refractivity contribution in [2.75, 3.05) is 6.61 Å². The van der Waals surface area contributed by atoms with Gasteiger partial charge in [-0.1, -0.05) is 12.1 Å². The first kappa shape index (κ1) is 19.2. The molecule has 0 saturated carbocycles. The van der Waals surface area contributed by atoms with E-state index in [9.17, 15) is 9.59 Å². The normalized spacial score (nSPS) is 10.7. The van der Waals surface area contributed by atoms with Crippen molar-refractivity contribution in [1.82, 2.24) is 24.9 Å². The molecule has 0 aliphatic heterocycles. The van der Waals surface area contributed by atoms with Crippen molar-refractivity contribution in [2.45, 2.75) is 20.4 Å². The Morgan fingerprint density at radius 2 is 2.00 bits per heavy atom. The van der Waals surface area contributed by atoms with Crippen molar-refractivity contribution in [1.29, 1.82) is 0 Å². The second kappa shape index (κ2) is 7.95. The van der Waals surface area contributed by atoms with E-state index in [1.54, 1.807) is 16.9 Å². The van der Waals surface area contributed by atoms with E-state index in [0.717, 1.165) is 17.0 Å². The van der Waals surface area contributed by atoms with E-state index >= 15 is 0 Å². The molecule has 0 aliphatic carbocycles. The minimum atomic E-state index is -1.08. The molecular weight excluding hydrogens is 362 g/mol. The highest BCUT2D eigenvalue weighted by Crippen LogP contribution is 2.21. The van der Waals surface area contributed by atoms with Gasteiger partial charge in [0.25, 0.3) is 5.91 Å². The smallest absolute Gasteiger partial charge is 0.356 e. The summed E-state index contributed by atoms with van der Waals surface area (Å²) in [5.41, 5.74) is 3.12. The van der Waals surface area contributed by atoms with Crippen molar-refractivity contribution in [3.8, 4) is 11.4 Å². The van der Waals surface area contributed by atoms with Crippen LogP contribution in [0.1, 0.15) is 27.4 Å². The van der Waals surface area contributed by atoms with Gasteiger partial charge in [0.15, 0.2) is 18.1 Å². The molecule has 9 heteroatoms. The maximum Gasteiger partial charge on any atom is 0.356 e. The summed E-state index contributed by atoms with van der Waals surface area (Å²) in [6, 6.07) is 8.74. The van der Waals surface area contributed by atoms with Gasteiger partial charge >= 0.3 is 5.97 Å². The zero-order chi connectivity index (χ0) is 20.3. The second-order valence-electron chi connectivity index (χ2n) is 6.31. The summed E-state index contributed by atoms with van der Waals surface area (Å²) in [6.07, 6.45) is 1.58. The lowest BCUT2D eigenvalue weighted by Crippen LogP contribution is -2.28. The highest BCUT2D eigenvalue weighted by Gasteiger charge is 2.13. The average molecular weight is 383 g/mol. The van der Waals surface area contributed by atoms with Crippen LogP contribution in [-0.4, -0.2) is 43.2 Å². The zero-order valence-corrected chi connectivity index (χ0v) is 15.8. The van der Waals surface area contributed by atoms with Crippen LogP contribution in [0.4, 0.5) is 0 Å². The van der Waals surface area contributed by atoms with Gasteiger partial charge in [-0.05, 0) is 37.6 Å². The average Bonchev–Trinajstić information content (AvgIpc) is 3.25. The van der Waals surface area contributed by atoms with Crippen molar-refractivity contribution >= 4 is 11.9 Å². The maximum absolute atomic E-state index is 12.1. The molecule has 2 aromatic heterocycles. The van der Waals surface area contributed by atoms with Crippen molar-refractivity contribution in [3.63, 3.8) is 0 Å². The van der Waals surface area contributed by atoms with Crippen LogP contribution in [0.15, 0.2) is 36.5 Å². The van der Waals surface area contributed by atoms with Crippen LogP contribution < -0.4 is 10.1 Å². The minimum Gasteiger partial charge on any atom is -0.480 e. The van der Waals surface area contributed by atoms with E-state index in [4.69, 9.17) is 9.84 Å². The van der Waals surface area contributed by atoms with E-state index < -0.39 is 5.97 Å². The molecule has 2 N–H and O–H groups in total. The summed E-state index contributed by atoms with van der Waals surface area (Å²) in [5.74, 6) is -0.714. The highest BCUT2D eigenvalue weighted by molar-refractivity contribution is 5.85. The van der Waals surface area contributed by atoms with Crippen LogP contribution >= 0.6 is 0 Å². The number of hydrogen-bond acceptors (Lipinski definition) is 5. The van der Waals surface area contributed by atoms with Gasteiger partial charge in [0.1, 0.15) is 5.69 Å². The molecule has 0 unspecified atom stereocenters. The Balaban J connectivity index is 1.58. The predicted molar refractivity (Wildman–Crippen MR) is 101 cm³/mol. The lowest BCUT2D eigenvalue weighted by molar-refractivity contribution is -0.123. The quantitative estimate of drug-likeness (QED) is 0.641. The van der Waals surface area contributed by atoms with Crippen molar-refractivity contribution in [3.05, 3.63) is 59.2 Å². The molecule has 1 aromatic carbocycles. The van der Waals surface area contributed by atoms with Gasteiger partial charge in [-0.2, -0.15) is 10.2 Å². The molecule has 0 spiro atoms. The molecule has 0 bridgehead atoms. The molecular formula is C19H21N5O4. The first-order chi connectivity index (χ1) is 13.3. The lowest BCUT2D eigenvalue weighted by atomic mass is 10.2. The molecule has 0 aliphatic rings. The Hall–Kier alpha value is -3.62. The molecule has 3 rings (SSSR count). The number of carboxylic acids is 1. The van der Waals surface area contributed by atoms with Crippen molar-refractivity contribution in [2.24, 2.45) is 7.05 Å². The molecule has 0 saturated heterocycles. The minimum absolute atomic E-state index is 0.0307. The number of amides is 1. The summed E-state index contributed by atoms with van der Waals surface area (Å²) in [5, 5.41) is 20.0. The number of nitrogens with zero attached hydrogens (tertiary/aromatic N) is 4. The third-order valence-electron chi connectivity index (χ3n) is 4.26. The zero-order valence-electron chi connectivity index (χ0n) is 15.8. The molecule has 3 aromatic rings. The fourth-order valence-corrected chi connectivity index (χ4v) is 2.74. The van der Waals surface area contributed by atoms with Gasteiger partial charge in [-0.25, -0.2) is 9.48 Å². The number of aromatic nitrogens is 4. The number of carboxylic acid groups (broad SMARTS) is 1. The Morgan fingerprint density at radius 1 is 1.21 bits per heavy atom. The number of carbonyl (C=O) groups is 2. The monoisotopic (exact) mass is 383 g/mol. The number of benzene rings is 1. The van der Waals surface area contributed by atoms with E-state index in [1.165, 1.54) is 10.7 Å². The van der Waals surface area contributed by atoms with E-state index in [-0.39, 0.29) is 18.2 Å². The number of ether oxygens (including phenoxy) is 1. The SMILES string of the molecule is Cc1nn(C)c(C)c1OCC(=O)NCc1cccc(-n2ccc(C(=O)O)n2)c1. The van der Waals surface area contributed by atoms with Gasteiger partial charge in [-0.15, -0.1) is 0 Å². The van der Waals surface area contributed by atoms with Crippen LogP contribution in [0.3, 0.4) is 0 Å². The molecule has 0 radical (unpaired) electrons. The summed E-state index contributed by atoms with van der Waals surface area (Å²) in [4.78, 5) is 23.1. The van der Waals surface area contributed by atoms with Gasteiger partial charge < -0.3 is 15.2 Å². The Labute approximate surface area is 161 Å². The fraction of sp³-hybridized carbons (Fsp3) is 0.263. The molecule has 9 nitrogen and oxygen atoms in total. The van der Waals surface area contributed by atoms with Gasteiger partial charge in [0.2, 0.25) is 0 Å². The fourth-order valence-electron chi connectivity index (χ4n) is 2.74. The predicted octanol–water partition coefficient (Wildman–Crippen LogP) is 1.62. The Bertz CT molecular complexity index is 1020. The Kier molecular flexibility index (Phi) is 5.44. The number of aromatic carboxylic acids is 1. The summed E-state index contributed by atoms with van der Waals surface area (Å²) < 4.78 is 8.78. The molecule has 146 valence electrons. The van der Waals surface area contributed by atoms with Gasteiger partial charge in [0.05, 0.1) is 11.4 Å². The van der Waals surface area contributed by atoms with Crippen LogP contribution in [0.25, 0.3) is 5.69 Å². The number of rotatable bonds is 7. The number of nitrogens with one attached hydrogen (secondary N) is 1. The third kappa shape index (κ3) is 4.20. The molecule has 2 heterocycles. The van der Waals surface area contributed by atoms with E-state index in [1.807, 2.05) is 39.1 Å². The van der Waals surface area contributed by atoms with Crippen molar-refractivity contribution < 1.29 is 19.4 Å². The summed E-state index contributed by atoms with van der Waals surface area (Å²) in [6.45, 7) is 3.92. The first-order valence-electron chi connectivity index (χ1n) is 8.63. The molecule has 28 heavy (non-hydrogen) atoms. The van der Waals surface area contributed by atoms with Crippen LogP contribution in [0.5, 0.6) is 5.75 Å². The molecule has 0 atom stereocenters. The first-order valence-corrected chi connectivity index (χ1v) is 8.63. The summed E-state index contributed by atoms with van der Waals surface area (Å²) in [7, 11) is 1.82. The van der Waals surface area contributed by atoms with Gasteiger partial charge in [0, 0.05) is 19.8 Å². The molecule has 0 fully saturated rings. The van der Waals surface area contributed by atoms with Crippen LogP contribution in [0, 0.1) is 13.8 Å². The number of carbonyl (C=O) groups excluding carboxylic acids is 1. The largest absolute Gasteiger partial charge is 0.480 e. The Morgan fingerprint density at radius 3 is 2.64 bits per heavy atom. The standard InChI is InChI=1S/C19H21N5O4/c1-12-18(13(2)23(3)21-12)28-11-17(25)20-10-14-5-4-6-15(9-14)24-8-7-16(22-24)19(26)27/h4-9H,10-11H2,1-3H3,(H,20,25)(H,26,27). The van der Waals surface area contributed by atoms with E-state index in [2.05, 4.69) is 15.5 Å². The molecule has 1 amide bonds. The van der Waals surface area contributed by atoms with Crippen LogP contribution in [0.2, 0.25) is 0 Å². The lowest BCUT2D eigenvalue weighted by Gasteiger charge is -2.09. The van der Waals surface area contributed by atoms with E-state index in [0.29, 0.717) is 18.0 Å². The second-order valence-corrected chi connectivity index (χ2v) is 6.31. The van der Waals surface area contributed by atoms with Gasteiger partial charge in [-0.3, -0.25) is 9.48 Å². The topological polar surface area (TPSA) is 111 Å². The number of aryl methyl sites for hydroxylation is 2.